The Kier molecular flexibility index (Phi) is 4.47. The van der Waals surface area contributed by atoms with E-state index in [9.17, 15) is 4.79 Å². The highest BCUT2D eigenvalue weighted by Gasteiger charge is 2.27. The molecule has 2 heterocycles. The number of piperazine rings is 1. The molecule has 0 aliphatic carbocycles. The van der Waals surface area contributed by atoms with Crippen LogP contribution in [0.2, 0.25) is 5.02 Å². The van der Waals surface area contributed by atoms with Crippen LogP contribution in [-0.2, 0) is 0 Å². The molecule has 0 radical (unpaired) electrons. The number of halogens is 1. The molecule has 1 amide bonds. The van der Waals surface area contributed by atoms with Gasteiger partial charge in [-0.2, -0.15) is 0 Å². The SMILES string of the molecule is Cc1nc(-c2ccc(Cl)cc2)sc1C(=O)N1CCNCC1C. The van der Waals surface area contributed by atoms with Crippen LogP contribution in [0, 0.1) is 6.92 Å². The molecule has 1 saturated heterocycles. The molecule has 0 bridgehead atoms. The zero-order valence-corrected chi connectivity index (χ0v) is 14.2. The van der Waals surface area contributed by atoms with Gasteiger partial charge in [-0.15, -0.1) is 11.3 Å². The van der Waals surface area contributed by atoms with E-state index < -0.39 is 0 Å². The fourth-order valence-electron chi connectivity index (χ4n) is 2.58. The van der Waals surface area contributed by atoms with E-state index in [1.54, 1.807) is 0 Å². The first kappa shape index (κ1) is 15.5. The minimum atomic E-state index is 0.0872. The Morgan fingerprint density at radius 3 is 2.82 bits per heavy atom. The third-order valence-electron chi connectivity index (χ3n) is 3.84. The van der Waals surface area contributed by atoms with E-state index in [-0.39, 0.29) is 11.9 Å². The van der Waals surface area contributed by atoms with Crippen molar-refractivity contribution in [3.05, 3.63) is 39.9 Å². The quantitative estimate of drug-likeness (QED) is 0.916. The van der Waals surface area contributed by atoms with Gasteiger partial charge in [0.2, 0.25) is 0 Å². The molecule has 1 aromatic heterocycles. The molecule has 3 rings (SSSR count). The number of aromatic nitrogens is 1. The maximum atomic E-state index is 12.8. The third kappa shape index (κ3) is 3.02. The normalized spacial score (nSPS) is 18.5. The number of thiazole rings is 1. The molecule has 0 saturated carbocycles. The van der Waals surface area contributed by atoms with Crippen LogP contribution in [0.25, 0.3) is 10.6 Å². The van der Waals surface area contributed by atoms with Crippen molar-refractivity contribution < 1.29 is 4.79 Å². The number of carbonyl (C=O) groups excluding carboxylic acids is 1. The number of nitrogens with one attached hydrogen (secondary N) is 1. The molecule has 22 heavy (non-hydrogen) atoms. The summed E-state index contributed by atoms with van der Waals surface area (Å²) in [6.45, 7) is 6.40. The standard InChI is InChI=1S/C16H18ClN3OS/c1-10-9-18-7-8-20(10)16(21)14-11(2)19-15(22-14)12-3-5-13(17)6-4-12/h3-6,10,18H,7-9H2,1-2H3. The Hall–Kier alpha value is -1.43. The van der Waals surface area contributed by atoms with Gasteiger partial charge in [0.15, 0.2) is 0 Å². The summed E-state index contributed by atoms with van der Waals surface area (Å²) in [5.74, 6) is 0.0872. The van der Waals surface area contributed by atoms with Crippen molar-refractivity contribution in [2.75, 3.05) is 19.6 Å². The lowest BCUT2D eigenvalue weighted by atomic mass is 10.2. The molecule has 1 atom stereocenters. The maximum absolute atomic E-state index is 12.8. The summed E-state index contributed by atoms with van der Waals surface area (Å²) in [4.78, 5) is 20.0. The van der Waals surface area contributed by atoms with Crippen molar-refractivity contribution in [2.45, 2.75) is 19.9 Å². The number of hydrogen-bond acceptors (Lipinski definition) is 4. The maximum Gasteiger partial charge on any atom is 0.266 e. The molecule has 1 unspecified atom stereocenters. The van der Waals surface area contributed by atoms with Crippen molar-refractivity contribution in [3.8, 4) is 10.6 Å². The average Bonchev–Trinajstić information content (AvgIpc) is 2.90. The van der Waals surface area contributed by atoms with E-state index in [1.807, 2.05) is 36.1 Å². The molecule has 116 valence electrons. The molecular formula is C16H18ClN3OS. The van der Waals surface area contributed by atoms with Crippen molar-refractivity contribution in [1.29, 1.82) is 0 Å². The summed E-state index contributed by atoms with van der Waals surface area (Å²) in [5.41, 5.74) is 1.79. The minimum absolute atomic E-state index is 0.0872. The molecule has 6 heteroatoms. The third-order valence-corrected chi connectivity index (χ3v) is 5.29. The van der Waals surface area contributed by atoms with Crippen LogP contribution in [0.5, 0.6) is 0 Å². The van der Waals surface area contributed by atoms with Gasteiger partial charge in [-0.05, 0) is 26.0 Å². The van der Waals surface area contributed by atoms with Gasteiger partial charge in [0.1, 0.15) is 9.88 Å². The Balaban J connectivity index is 1.88. The fraction of sp³-hybridized carbons (Fsp3) is 0.375. The first-order valence-electron chi connectivity index (χ1n) is 7.31. The van der Waals surface area contributed by atoms with Crippen LogP contribution in [0.15, 0.2) is 24.3 Å². The van der Waals surface area contributed by atoms with Gasteiger partial charge in [-0.1, -0.05) is 23.7 Å². The Morgan fingerprint density at radius 2 is 2.14 bits per heavy atom. The van der Waals surface area contributed by atoms with Crippen LogP contribution in [-0.4, -0.2) is 41.5 Å². The van der Waals surface area contributed by atoms with Gasteiger partial charge >= 0.3 is 0 Å². The zero-order valence-electron chi connectivity index (χ0n) is 12.6. The topological polar surface area (TPSA) is 45.2 Å². The molecule has 2 aromatic rings. The van der Waals surface area contributed by atoms with E-state index in [0.717, 1.165) is 40.8 Å². The fourth-order valence-corrected chi connectivity index (χ4v) is 3.74. The molecule has 1 aliphatic rings. The van der Waals surface area contributed by atoms with Crippen LogP contribution >= 0.6 is 22.9 Å². The van der Waals surface area contributed by atoms with Crippen LogP contribution in [0.1, 0.15) is 22.3 Å². The molecule has 1 fully saturated rings. The summed E-state index contributed by atoms with van der Waals surface area (Å²) >= 11 is 7.38. The number of rotatable bonds is 2. The van der Waals surface area contributed by atoms with Crippen molar-refractivity contribution in [1.82, 2.24) is 15.2 Å². The number of nitrogens with zero attached hydrogens (tertiary/aromatic N) is 2. The molecule has 0 spiro atoms. The van der Waals surface area contributed by atoms with Gasteiger partial charge < -0.3 is 10.2 Å². The highest BCUT2D eigenvalue weighted by Crippen LogP contribution is 2.30. The molecule has 1 N–H and O–H groups in total. The molecule has 1 aromatic carbocycles. The predicted octanol–water partition coefficient (Wildman–Crippen LogP) is 3.21. The number of carbonyl (C=O) groups is 1. The minimum Gasteiger partial charge on any atom is -0.333 e. The summed E-state index contributed by atoms with van der Waals surface area (Å²) < 4.78 is 0. The molecule has 4 nitrogen and oxygen atoms in total. The molecule has 1 aliphatic heterocycles. The lowest BCUT2D eigenvalue weighted by Crippen LogP contribution is -2.52. The second-order valence-electron chi connectivity index (χ2n) is 5.49. The Bertz CT molecular complexity index is 683. The Morgan fingerprint density at radius 1 is 1.41 bits per heavy atom. The van der Waals surface area contributed by atoms with Gasteiger partial charge in [-0.25, -0.2) is 4.98 Å². The average molecular weight is 336 g/mol. The van der Waals surface area contributed by atoms with E-state index in [0.29, 0.717) is 5.02 Å². The van der Waals surface area contributed by atoms with E-state index >= 15 is 0 Å². The Labute approximate surface area is 139 Å². The zero-order chi connectivity index (χ0) is 15.7. The van der Waals surface area contributed by atoms with Crippen LogP contribution < -0.4 is 5.32 Å². The first-order valence-corrected chi connectivity index (χ1v) is 8.51. The number of hydrogen-bond donors (Lipinski definition) is 1. The van der Waals surface area contributed by atoms with E-state index in [2.05, 4.69) is 17.2 Å². The summed E-state index contributed by atoms with van der Waals surface area (Å²) in [7, 11) is 0. The van der Waals surface area contributed by atoms with Gasteiger partial charge in [0, 0.05) is 36.3 Å². The lowest BCUT2D eigenvalue weighted by Gasteiger charge is -2.33. The highest BCUT2D eigenvalue weighted by molar-refractivity contribution is 7.17. The van der Waals surface area contributed by atoms with Crippen molar-refractivity contribution in [3.63, 3.8) is 0 Å². The number of benzene rings is 1. The molecular weight excluding hydrogens is 318 g/mol. The first-order chi connectivity index (χ1) is 10.6. The monoisotopic (exact) mass is 335 g/mol. The highest BCUT2D eigenvalue weighted by atomic mass is 35.5. The van der Waals surface area contributed by atoms with E-state index in [4.69, 9.17) is 11.6 Å². The van der Waals surface area contributed by atoms with Gasteiger partial charge in [0.05, 0.1) is 5.69 Å². The van der Waals surface area contributed by atoms with Crippen molar-refractivity contribution in [2.24, 2.45) is 0 Å². The number of amides is 1. The van der Waals surface area contributed by atoms with Gasteiger partial charge in [-0.3, -0.25) is 4.79 Å². The van der Waals surface area contributed by atoms with Crippen molar-refractivity contribution >= 4 is 28.8 Å². The van der Waals surface area contributed by atoms with Gasteiger partial charge in [0.25, 0.3) is 5.91 Å². The second-order valence-corrected chi connectivity index (χ2v) is 6.93. The summed E-state index contributed by atoms with van der Waals surface area (Å²) in [6, 6.07) is 7.76. The predicted molar refractivity (Wildman–Crippen MR) is 90.7 cm³/mol. The second kappa shape index (κ2) is 6.36. The summed E-state index contributed by atoms with van der Waals surface area (Å²) in [6.07, 6.45) is 0. The van der Waals surface area contributed by atoms with E-state index in [1.165, 1.54) is 11.3 Å². The largest absolute Gasteiger partial charge is 0.333 e. The van der Waals surface area contributed by atoms with Crippen LogP contribution in [0.3, 0.4) is 0 Å². The summed E-state index contributed by atoms with van der Waals surface area (Å²) in [5, 5.41) is 4.86. The van der Waals surface area contributed by atoms with Crippen LogP contribution in [0.4, 0.5) is 0 Å². The smallest absolute Gasteiger partial charge is 0.266 e. The lowest BCUT2D eigenvalue weighted by molar-refractivity contribution is 0.0660. The number of aryl methyl sites for hydroxylation is 1.